The predicted molar refractivity (Wildman–Crippen MR) is 153 cm³/mol. The molecule has 0 saturated carbocycles. The van der Waals surface area contributed by atoms with Crippen molar-refractivity contribution in [2.75, 3.05) is 64.1 Å². The maximum atomic E-state index is 13.3. The molecule has 3 heterocycles. The Morgan fingerprint density at radius 2 is 1.93 bits per heavy atom. The molecule has 15 heteroatoms. The molecule has 1 atom stereocenters. The van der Waals surface area contributed by atoms with Gasteiger partial charge in [0.25, 0.3) is 15.9 Å². The molecule has 1 aromatic carbocycles. The molecule has 3 aromatic rings. The zero-order valence-electron chi connectivity index (χ0n) is 23.2. The van der Waals surface area contributed by atoms with Crippen molar-refractivity contribution < 1.29 is 22.7 Å². The number of anilines is 2. The number of sulfonamides is 1. The van der Waals surface area contributed by atoms with Crippen LogP contribution in [0, 0.1) is 6.92 Å². The number of nitrogens with zero attached hydrogens (tertiary/aromatic N) is 6. The van der Waals surface area contributed by atoms with Gasteiger partial charge in [0, 0.05) is 57.7 Å². The molecule has 2 aromatic heterocycles. The van der Waals surface area contributed by atoms with Crippen molar-refractivity contribution in [3.05, 3.63) is 35.8 Å². The average Bonchev–Trinajstić information content (AvgIpc) is 3.32. The Hall–Kier alpha value is -3.40. The van der Waals surface area contributed by atoms with E-state index in [0.717, 1.165) is 16.7 Å². The Bertz CT molecular complexity index is 1490. The summed E-state index contributed by atoms with van der Waals surface area (Å²) >= 11 is 0.911. The molecule has 1 unspecified atom stereocenters. The first-order valence-corrected chi connectivity index (χ1v) is 15.1. The van der Waals surface area contributed by atoms with Gasteiger partial charge in [-0.15, -0.1) is 0 Å². The quantitative estimate of drug-likeness (QED) is 0.380. The van der Waals surface area contributed by atoms with E-state index in [-0.39, 0.29) is 21.3 Å². The predicted octanol–water partition coefficient (Wildman–Crippen LogP) is 2.47. The molecule has 40 heavy (non-hydrogen) atoms. The van der Waals surface area contributed by atoms with Crippen molar-refractivity contribution in [1.82, 2.24) is 29.1 Å². The van der Waals surface area contributed by atoms with Gasteiger partial charge in [-0.05, 0) is 32.9 Å². The number of methoxy groups -OCH3 is 1. The number of thiazole rings is 1. The Morgan fingerprint density at radius 1 is 1.20 bits per heavy atom. The third-order valence-corrected chi connectivity index (χ3v) is 10.2. The third-order valence-electron chi connectivity index (χ3n) is 6.69. The minimum absolute atomic E-state index is 0.00498. The van der Waals surface area contributed by atoms with Crippen LogP contribution in [0.15, 0.2) is 28.7 Å². The Balaban J connectivity index is 1.38. The second kappa shape index (κ2) is 12.4. The number of hydrogen-bond acceptors (Lipinski definition) is 11. The number of aryl methyl sites for hydroxylation is 1. The number of para-hydroxylation sites is 1. The van der Waals surface area contributed by atoms with Crippen LogP contribution in [0.25, 0.3) is 10.9 Å². The molecule has 1 aliphatic rings. The third kappa shape index (κ3) is 6.32. The van der Waals surface area contributed by atoms with Crippen LogP contribution in [-0.4, -0.2) is 109 Å². The lowest BCUT2D eigenvalue weighted by atomic mass is 10.1. The zero-order chi connectivity index (χ0) is 29.0. The van der Waals surface area contributed by atoms with Gasteiger partial charge in [-0.25, -0.2) is 28.2 Å². The minimum atomic E-state index is -3.75. The summed E-state index contributed by atoms with van der Waals surface area (Å²) in [4.78, 5) is 41.1. The summed E-state index contributed by atoms with van der Waals surface area (Å²) in [5.74, 6) is 0.549. The fourth-order valence-electron chi connectivity index (χ4n) is 4.47. The van der Waals surface area contributed by atoms with E-state index in [1.807, 2.05) is 26.0 Å². The molecule has 0 spiro atoms. The molecule has 1 aliphatic heterocycles. The second-order valence-electron chi connectivity index (χ2n) is 9.50. The van der Waals surface area contributed by atoms with E-state index in [1.54, 1.807) is 24.9 Å². The summed E-state index contributed by atoms with van der Waals surface area (Å²) in [6, 6.07) is 5.49. The van der Waals surface area contributed by atoms with Crippen molar-refractivity contribution in [2.45, 2.75) is 31.0 Å². The monoisotopic (exact) mass is 590 g/mol. The van der Waals surface area contributed by atoms with Crippen molar-refractivity contribution in [3.8, 4) is 0 Å². The van der Waals surface area contributed by atoms with E-state index in [0.29, 0.717) is 61.9 Å². The van der Waals surface area contributed by atoms with Crippen LogP contribution in [0.2, 0.25) is 0 Å². The number of piperazine rings is 1. The van der Waals surface area contributed by atoms with Crippen LogP contribution in [0.3, 0.4) is 0 Å². The molecule has 1 saturated heterocycles. The maximum Gasteiger partial charge on any atom is 0.413 e. The minimum Gasteiger partial charge on any atom is -0.453 e. The topological polar surface area (TPSA) is 150 Å². The van der Waals surface area contributed by atoms with Gasteiger partial charge in [0.05, 0.1) is 23.9 Å². The summed E-state index contributed by atoms with van der Waals surface area (Å²) in [6.45, 7) is 8.60. The van der Waals surface area contributed by atoms with Gasteiger partial charge in [0.2, 0.25) is 0 Å². The lowest BCUT2D eigenvalue weighted by molar-refractivity contribution is 0.0804. The van der Waals surface area contributed by atoms with Gasteiger partial charge in [0.1, 0.15) is 12.1 Å². The van der Waals surface area contributed by atoms with Crippen LogP contribution in [0.4, 0.5) is 15.7 Å². The lowest BCUT2D eigenvalue weighted by Crippen LogP contribution is -2.50. The number of hydrogen-bond donors (Lipinski definition) is 2. The first-order valence-electron chi connectivity index (χ1n) is 12.9. The molecule has 216 valence electrons. The largest absolute Gasteiger partial charge is 0.453 e. The number of amides is 2. The molecule has 1 fully saturated rings. The maximum absolute atomic E-state index is 13.3. The van der Waals surface area contributed by atoms with Crippen molar-refractivity contribution in [1.29, 1.82) is 0 Å². The molecule has 13 nitrogen and oxygen atoms in total. The van der Waals surface area contributed by atoms with Gasteiger partial charge in [0.15, 0.2) is 9.34 Å². The number of carbonyl (C=O) groups is 2. The van der Waals surface area contributed by atoms with E-state index in [9.17, 15) is 18.0 Å². The van der Waals surface area contributed by atoms with Crippen LogP contribution < -0.4 is 10.6 Å². The van der Waals surface area contributed by atoms with Gasteiger partial charge in [-0.2, -0.15) is 4.31 Å². The highest BCUT2D eigenvalue weighted by Crippen LogP contribution is 2.30. The SMILES string of the molecule is CCN(C)C(=O)c1cccc2c(NC(C)CN3CCN(S(=O)(=O)c4sc(NC(=O)OC)nc4C)CC3)ncnc12. The summed E-state index contributed by atoms with van der Waals surface area (Å²) in [5.41, 5.74) is 1.46. The van der Waals surface area contributed by atoms with Gasteiger partial charge >= 0.3 is 6.09 Å². The molecule has 0 radical (unpaired) electrons. The number of carbonyl (C=O) groups excluding carboxylic acids is 2. The van der Waals surface area contributed by atoms with E-state index < -0.39 is 16.1 Å². The highest BCUT2D eigenvalue weighted by atomic mass is 32.2. The van der Waals surface area contributed by atoms with Crippen LogP contribution >= 0.6 is 11.3 Å². The van der Waals surface area contributed by atoms with Crippen LogP contribution in [-0.2, 0) is 14.8 Å². The van der Waals surface area contributed by atoms with Crippen molar-refractivity contribution in [3.63, 3.8) is 0 Å². The number of aromatic nitrogens is 3. The number of nitrogens with one attached hydrogen (secondary N) is 2. The smallest absolute Gasteiger partial charge is 0.413 e. The second-order valence-corrected chi connectivity index (χ2v) is 12.6. The Labute approximate surface area is 237 Å². The fourth-order valence-corrected chi connectivity index (χ4v) is 7.43. The van der Waals surface area contributed by atoms with Crippen molar-refractivity contribution in [2.24, 2.45) is 0 Å². The number of fused-ring (bicyclic) bond motifs is 1. The summed E-state index contributed by atoms with van der Waals surface area (Å²) in [6.07, 6.45) is 0.749. The Morgan fingerprint density at radius 3 is 2.60 bits per heavy atom. The Kier molecular flexibility index (Phi) is 9.18. The first-order chi connectivity index (χ1) is 19.0. The normalized spacial score (nSPS) is 15.5. The molecule has 2 N–H and O–H groups in total. The highest BCUT2D eigenvalue weighted by Gasteiger charge is 2.32. The van der Waals surface area contributed by atoms with E-state index in [4.69, 9.17) is 0 Å². The molecule has 0 bridgehead atoms. The zero-order valence-corrected chi connectivity index (χ0v) is 24.8. The average molecular weight is 591 g/mol. The van der Waals surface area contributed by atoms with E-state index in [2.05, 4.69) is 35.2 Å². The van der Waals surface area contributed by atoms with E-state index >= 15 is 0 Å². The molecule has 2 amide bonds. The van der Waals surface area contributed by atoms with E-state index in [1.165, 1.54) is 17.7 Å². The van der Waals surface area contributed by atoms with Crippen molar-refractivity contribution >= 4 is 55.2 Å². The van der Waals surface area contributed by atoms with Gasteiger partial charge < -0.3 is 15.0 Å². The number of ether oxygens (including phenoxy) is 1. The lowest BCUT2D eigenvalue weighted by Gasteiger charge is -2.35. The standard InChI is InChI=1S/C25H34N8O5S2/c1-6-31(4)22(34)19-9-7-8-18-20(19)26-15-27-21(18)28-16(2)14-32-10-12-33(13-11-32)40(36,37)23-17(3)29-24(39-23)30-25(35)38-5/h7-9,15-16H,6,10-14H2,1-5H3,(H,26,27,28)(H,29,30,35). The summed E-state index contributed by atoms with van der Waals surface area (Å²) in [7, 11) is -0.768. The molecule has 0 aliphatic carbocycles. The number of rotatable bonds is 9. The molecular formula is C25H34N8O5S2. The first kappa shape index (κ1) is 29.6. The summed E-state index contributed by atoms with van der Waals surface area (Å²) < 4.78 is 32.7. The van der Waals surface area contributed by atoms with Crippen LogP contribution in [0.5, 0.6) is 0 Å². The van der Waals surface area contributed by atoms with Gasteiger partial charge in [-0.1, -0.05) is 17.4 Å². The number of benzene rings is 1. The highest BCUT2D eigenvalue weighted by molar-refractivity contribution is 7.91. The van der Waals surface area contributed by atoms with Gasteiger partial charge in [-0.3, -0.25) is 15.0 Å². The summed E-state index contributed by atoms with van der Waals surface area (Å²) in [5, 5.41) is 6.80. The molecule has 4 rings (SSSR count). The molecular weight excluding hydrogens is 556 g/mol. The van der Waals surface area contributed by atoms with Crippen LogP contribution in [0.1, 0.15) is 29.9 Å². The fraction of sp³-hybridized carbons (Fsp3) is 0.480.